The zero-order chi connectivity index (χ0) is 13.8. The van der Waals surface area contributed by atoms with Gasteiger partial charge in [-0.05, 0) is 34.5 Å². The summed E-state index contributed by atoms with van der Waals surface area (Å²) in [5.41, 5.74) is 3.71. The number of hydrogen-bond donors (Lipinski definition) is 2. The van der Waals surface area contributed by atoms with Gasteiger partial charge < -0.3 is 5.43 Å². The summed E-state index contributed by atoms with van der Waals surface area (Å²) in [7, 11) is 0. The van der Waals surface area contributed by atoms with Crippen LogP contribution in [0.4, 0.5) is 5.82 Å². The maximum atomic E-state index is 5.30. The first-order valence-electron chi connectivity index (χ1n) is 6.38. The molecular formula is C16H15N3S. The first-order chi connectivity index (χ1) is 9.85. The lowest BCUT2D eigenvalue weighted by Gasteiger charge is -2.05. The predicted molar refractivity (Wildman–Crippen MR) is 85.6 cm³/mol. The smallest absolute Gasteiger partial charge is 0.139 e. The molecule has 1 heterocycles. The molecule has 2 aromatic carbocycles. The molecule has 0 aliphatic heterocycles. The first-order valence-corrected chi connectivity index (χ1v) is 7.37. The van der Waals surface area contributed by atoms with E-state index in [-0.39, 0.29) is 0 Å². The van der Waals surface area contributed by atoms with Crippen LogP contribution in [0.5, 0.6) is 0 Å². The third-order valence-corrected chi connectivity index (χ3v) is 4.16. The SMILES string of the molecule is NNc1ccc(CSc2ccc3ccccc3c2)cn1. The molecule has 20 heavy (non-hydrogen) atoms. The highest BCUT2D eigenvalue weighted by molar-refractivity contribution is 7.98. The summed E-state index contributed by atoms with van der Waals surface area (Å²) in [5.74, 6) is 6.88. The van der Waals surface area contributed by atoms with Crippen LogP contribution in [-0.2, 0) is 5.75 Å². The van der Waals surface area contributed by atoms with Gasteiger partial charge in [0.1, 0.15) is 5.82 Å². The van der Waals surface area contributed by atoms with E-state index in [0.29, 0.717) is 5.82 Å². The Morgan fingerprint density at radius 3 is 2.60 bits per heavy atom. The fraction of sp³-hybridized carbons (Fsp3) is 0.0625. The number of thioether (sulfide) groups is 1. The van der Waals surface area contributed by atoms with Crippen LogP contribution >= 0.6 is 11.8 Å². The summed E-state index contributed by atoms with van der Waals surface area (Å²) in [6.07, 6.45) is 1.85. The minimum atomic E-state index is 0.685. The van der Waals surface area contributed by atoms with E-state index in [9.17, 15) is 0 Å². The van der Waals surface area contributed by atoms with Crippen LogP contribution < -0.4 is 11.3 Å². The zero-order valence-corrected chi connectivity index (χ0v) is 11.7. The molecular weight excluding hydrogens is 266 g/mol. The van der Waals surface area contributed by atoms with Crippen LogP contribution in [0.15, 0.2) is 65.7 Å². The van der Waals surface area contributed by atoms with E-state index in [1.807, 2.05) is 30.1 Å². The Morgan fingerprint density at radius 1 is 1.00 bits per heavy atom. The predicted octanol–water partition coefficient (Wildman–Crippen LogP) is 3.81. The van der Waals surface area contributed by atoms with Crippen LogP contribution in [0.2, 0.25) is 0 Å². The average molecular weight is 281 g/mol. The van der Waals surface area contributed by atoms with Crippen molar-refractivity contribution in [1.82, 2.24) is 4.98 Å². The van der Waals surface area contributed by atoms with Crippen molar-refractivity contribution in [2.24, 2.45) is 5.84 Å². The lowest BCUT2D eigenvalue weighted by atomic mass is 10.1. The number of nitrogen functional groups attached to an aromatic ring is 1. The summed E-state index contributed by atoms with van der Waals surface area (Å²) in [6, 6.07) is 18.9. The Balaban J connectivity index is 1.72. The number of benzene rings is 2. The molecule has 0 unspecified atom stereocenters. The van der Waals surface area contributed by atoms with Gasteiger partial charge in [0.15, 0.2) is 0 Å². The van der Waals surface area contributed by atoms with Crippen LogP contribution in [0, 0.1) is 0 Å². The molecule has 4 heteroatoms. The largest absolute Gasteiger partial charge is 0.308 e. The number of nitrogens with two attached hydrogens (primary N) is 1. The van der Waals surface area contributed by atoms with Crippen LogP contribution in [0.25, 0.3) is 10.8 Å². The lowest BCUT2D eigenvalue weighted by molar-refractivity contribution is 1.19. The maximum absolute atomic E-state index is 5.30. The molecule has 0 amide bonds. The lowest BCUT2D eigenvalue weighted by Crippen LogP contribution is -2.08. The molecule has 3 rings (SSSR count). The van der Waals surface area contributed by atoms with E-state index in [1.165, 1.54) is 21.2 Å². The number of pyridine rings is 1. The molecule has 3 aromatic rings. The fourth-order valence-electron chi connectivity index (χ4n) is 2.02. The highest BCUT2D eigenvalue weighted by Gasteiger charge is 1.99. The first kappa shape index (κ1) is 13.0. The molecule has 0 aliphatic carbocycles. The standard InChI is InChI=1S/C16H15N3S/c17-19-16-8-5-12(10-18-16)11-20-15-7-6-13-3-1-2-4-14(13)9-15/h1-10H,11,17H2,(H,18,19). The second-order valence-electron chi connectivity index (χ2n) is 4.49. The van der Waals surface area contributed by atoms with Crippen molar-refractivity contribution < 1.29 is 0 Å². The fourth-order valence-corrected chi connectivity index (χ4v) is 2.90. The van der Waals surface area contributed by atoms with Gasteiger partial charge in [-0.1, -0.05) is 36.4 Å². The topological polar surface area (TPSA) is 50.9 Å². The molecule has 0 fully saturated rings. The minimum absolute atomic E-state index is 0.685. The van der Waals surface area contributed by atoms with Gasteiger partial charge in [0.05, 0.1) is 0 Å². The Hall–Kier alpha value is -2.04. The van der Waals surface area contributed by atoms with E-state index < -0.39 is 0 Å². The van der Waals surface area contributed by atoms with Crippen LogP contribution in [-0.4, -0.2) is 4.98 Å². The third kappa shape index (κ3) is 2.92. The number of fused-ring (bicyclic) bond motifs is 1. The monoisotopic (exact) mass is 281 g/mol. The molecule has 3 nitrogen and oxygen atoms in total. The van der Waals surface area contributed by atoms with Gasteiger partial charge >= 0.3 is 0 Å². The number of anilines is 1. The number of rotatable bonds is 4. The zero-order valence-electron chi connectivity index (χ0n) is 10.9. The number of hydrogen-bond acceptors (Lipinski definition) is 4. The molecule has 0 saturated heterocycles. The van der Waals surface area contributed by atoms with Crippen molar-refractivity contribution in [2.45, 2.75) is 10.6 Å². The molecule has 100 valence electrons. The van der Waals surface area contributed by atoms with Crippen molar-refractivity contribution >= 4 is 28.4 Å². The quantitative estimate of drug-likeness (QED) is 0.434. The summed E-state index contributed by atoms with van der Waals surface area (Å²) in [4.78, 5) is 5.48. The normalized spacial score (nSPS) is 10.7. The van der Waals surface area contributed by atoms with E-state index in [0.717, 1.165) is 5.75 Å². The highest BCUT2D eigenvalue weighted by Crippen LogP contribution is 2.26. The van der Waals surface area contributed by atoms with Crippen molar-refractivity contribution in [2.75, 3.05) is 5.43 Å². The molecule has 0 aliphatic rings. The number of hydrazine groups is 1. The summed E-state index contributed by atoms with van der Waals surface area (Å²) in [5, 5.41) is 2.55. The van der Waals surface area contributed by atoms with Crippen molar-refractivity contribution in [3.05, 3.63) is 66.4 Å². The van der Waals surface area contributed by atoms with E-state index in [4.69, 9.17) is 5.84 Å². The Labute approximate surface area is 122 Å². The summed E-state index contributed by atoms with van der Waals surface area (Å²) < 4.78 is 0. The second kappa shape index (κ2) is 5.94. The van der Waals surface area contributed by atoms with Crippen LogP contribution in [0.1, 0.15) is 5.56 Å². The molecule has 0 saturated carbocycles. The highest BCUT2D eigenvalue weighted by atomic mass is 32.2. The van der Waals surface area contributed by atoms with E-state index in [2.05, 4.69) is 52.9 Å². The van der Waals surface area contributed by atoms with Gasteiger partial charge in [0.2, 0.25) is 0 Å². The average Bonchev–Trinajstić information content (AvgIpc) is 2.53. The van der Waals surface area contributed by atoms with Gasteiger partial charge in [-0.15, -0.1) is 11.8 Å². The second-order valence-corrected chi connectivity index (χ2v) is 5.54. The molecule has 3 N–H and O–H groups in total. The van der Waals surface area contributed by atoms with Gasteiger partial charge in [0, 0.05) is 16.8 Å². The number of aromatic nitrogens is 1. The van der Waals surface area contributed by atoms with Gasteiger partial charge in [-0.25, -0.2) is 10.8 Å². The van der Waals surface area contributed by atoms with E-state index >= 15 is 0 Å². The third-order valence-electron chi connectivity index (χ3n) is 3.10. The van der Waals surface area contributed by atoms with Gasteiger partial charge in [0.25, 0.3) is 0 Å². The minimum Gasteiger partial charge on any atom is -0.308 e. The molecule has 0 radical (unpaired) electrons. The molecule has 0 spiro atoms. The van der Waals surface area contributed by atoms with E-state index in [1.54, 1.807) is 0 Å². The Morgan fingerprint density at radius 2 is 1.85 bits per heavy atom. The number of nitrogens with one attached hydrogen (secondary N) is 1. The van der Waals surface area contributed by atoms with Gasteiger partial charge in [-0.3, -0.25) is 0 Å². The molecule has 0 bridgehead atoms. The molecule has 0 atom stereocenters. The summed E-state index contributed by atoms with van der Waals surface area (Å²) in [6.45, 7) is 0. The van der Waals surface area contributed by atoms with Crippen molar-refractivity contribution in [1.29, 1.82) is 0 Å². The Kier molecular flexibility index (Phi) is 3.85. The van der Waals surface area contributed by atoms with Crippen molar-refractivity contribution in [3.63, 3.8) is 0 Å². The molecule has 1 aromatic heterocycles. The summed E-state index contributed by atoms with van der Waals surface area (Å²) >= 11 is 1.81. The van der Waals surface area contributed by atoms with Gasteiger partial charge in [-0.2, -0.15) is 0 Å². The van der Waals surface area contributed by atoms with Crippen LogP contribution in [0.3, 0.4) is 0 Å². The maximum Gasteiger partial charge on any atom is 0.139 e. The number of nitrogens with zero attached hydrogens (tertiary/aromatic N) is 1. The van der Waals surface area contributed by atoms with Crippen molar-refractivity contribution in [3.8, 4) is 0 Å². The Bertz CT molecular complexity index is 710.